The van der Waals surface area contributed by atoms with E-state index in [1.807, 2.05) is 13.0 Å². The van der Waals surface area contributed by atoms with Gasteiger partial charge >= 0.3 is 5.97 Å². The maximum atomic E-state index is 13.8. The number of rotatable bonds is 5. The highest BCUT2D eigenvalue weighted by molar-refractivity contribution is 8.26. The first kappa shape index (κ1) is 25.4. The summed E-state index contributed by atoms with van der Waals surface area (Å²) in [6.45, 7) is 2.48. The van der Waals surface area contributed by atoms with Crippen LogP contribution in [0.5, 0.6) is 0 Å². The van der Waals surface area contributed by atoms with Gasteiger partial charge in [-0.2, -0.15) is 0 Å². The van der Waals surface area contributed by atoms with Crippen molar-refractivity contribution in [2.24, 2.45) is 0 Å². The summed E-state index contributed by atoms with van der Waals surface area (Å²) in [6, 6.07) is 2.75. The number of fused-ring (bicyclic) bond motifs is 1. The lowest BCUT2D eigenvalue weighted by Gasteiger charge is -2.36. The number of esters is 1. The van der Waals surface area contributed by atoms with Gasteiger partial charge in [0.05, 0.1) is 24.0 Å². The molecule has 1 aliphatic carbocycles. The van der Waals surface area contributed by atoms with Crippen LogP contribution in [0.1, 0.15) is 43.2 Å². The van der Waals surface area contributed by atoms with E-state index in [4.69, 9.17) is 21.9 Å². The fourth-order valence-corrected chi connectivity index (χ4v) is 6.53. The zero-order valence-corrected chi connectivity index (χ0v) is 22.2. The lowest BCUT2D eigenvalue weighted by Crippen LogP contribution is -2.57. The van der Waals surface area contributed by atoms with Crippen molar-refractivity contribution in [1.82, 2.24) is 19.6 Å². The van der Waals surface area contributed by atoms with E-state index in [1.165, 1.54) is 29.3 Å². The van der Waals surface area contributed by atoms with Gasteiger partial charge in [0.1, 0.15) is 21.8 Å². The van der Waals surface area contributed by atoms with E-state index in [-0.39, 0.29) is 41.2 Å². The predicted octanol–water partition coefficient (Wildman–Crippen LogP) is 2.01. The summed E-state index contributed by atoms with van der Waals surface area (Å²) in [5.74, 6) is -0.889. The van der Waals surface area contributed by atoms with Crippen LogP contribution in [-0.2, 0) is 19.1 Å². The summed E-state index contributed by atoms with van der Waals surface area (Å²) < 4.78 is 6.73. The van der Waals surface area contributed by atoms with Gasteiger partial charge in [0.2, 0.25) is 5.91 Å². The second kappa shape index (κ2) is 10.3. The number of carbonyl (C=O) groups excluding carboxylic acids is 3. The minimum absolute atomic E-state index is 0.0755. The van der Waals surface area contributed by atoms with Gasteiger partial charge in [0.15, 0.2) is 0 Å². The standard InChI is InChI=1S/C25H27N5O5S2/c1-14-6-5-10-29-20(14)27-21(28-11-9-26-22(32)17(28)13-19(31)35-2)16(23(29)33)12-18-24(34)30(25(36)37-18)15-7-3-4-8-15/h5-6,10,12,15,17H,3-4,7-9,11,13H2,1-2H3,(H,26,32)/b18-12-. The zero-order valence-electron chi connectivity index (χ0n) is 20.6. The SMILES string of the molecule is COC(=O)CC1C(=O)NCCN1c1nc2c(C)cccn2c(=O)c1/C=C1\SC(=S)N(C2CCCC2)C1=O. The van der Waals surface area contributed by atoms with Crippen LogP contribution in [0.4, 0.5) is 5.82 Å². The molecule has 0 radical (unpaired) electrons. The monoisotopic (exact) mass is 541 g/mol. The number of piperazine rings is 1. The quantitative estimate of drug-likeness (QED) is 0.345. The first-order valence-corrected chi connectivity index (χ1v) is 13.4. The Labute approximate surface area is 223 Å². The molecule has 194 valence electrons. The first-order chi connectivity index (χ1) is 17.8. The van der Waals surface area contributed by atoms with Crippen molar-refractivity contribution >= 4 is 63.6 Å². The van der Waals surface area contributed by atoms with Crippen LogP contribution in [0, 0.1) is 6.92 Å². The number of nitrogens with one attached hydrogen (secondary N) is 1. The summed E-state index contributed by atoms with van der Waals surface area (Å²) in [7, 11) is 1.26. The Bertz CT molecular complexity index is 1400. The molecule has 1 N–H and O–H groups in total. The first-order valence-electron chi connectivity index (χ1n) is 12.2. The van der Waals surface area contributed by atoms with Crippen molar-refractivity contribution in [2.75, 3.05) is 25.1 Å². The van der Waals surface area contributed by atoms with Crippen molar-refractivity contribution in [3.8, 4) is 0 Å². The maximum absolute atomic E-state index is 13.8. The fourth-order valence-electron chi connectivity index (χ4n) is 5.15. The molecule has 2 aromatic rings. The molecule has 2 aromatic heterocycles. The highest BCUT2D eigenvalue weighted by Crippen LogP contribution is 2.38. The van der Waals surface area contributed by atoms with Gasteiger partial charge in [-0.1, -0.05) is 42.9 Å². The third-order valence-electron chi connectivity index (χ3n) is 7.04. The second-order valence-corrected chi connectivity index (χ2v) is 11.0. The molecular formula is C25H27N5O5S2. The fraction of sp³-hybridized carbons (Fsp3) is 0.440. The van der Waals surface area contributed by atoms with Gasteiger partial charge in [-0.25, -0.2) is 4.98 Å². The van der Waals surface area contributed by atoms with E-state index >= 15 is 0 Å². The molecule has 10 nitrogen and oxygen atoms in total. The van der Waals surface area contributed by atoms with E-state index < -0.39 is 12.0 Å². The van der Waals surface area contributed by atoms with Crippen LogP contribution < -0.4 is 15.8 Å². The van der Waals surface area contributed by atoms with Crippen molar-refractivity contribution in [2.45, 2.75) is 51.1 Å². The zero-order chi connectivity index (χ0) is 26.3. The summed E-state index contributed by atoms with van der Waals surface area (Å²) in [6.07, 6.45) is 6.87. The van der Waals surface area contributed by atoms with Crippen LogP contribution in [0.2, 0.25) is 0 Å². The normalized spacial score (nSPS) is 21.8. The molecule has 1 saturated carbocycles. The van der Waals surface area contributed by atoms with Crippen LogP contribution in [0.15, 0.2) is 28.0 Å². The lowest BCUT2D eigenvalue weighted by atomic mass is 10.1. The Morgan fingerprint density at radius 2 is 2.05 bits per heavy atom. The molecule has 0 bridgehead atoms. The third-order valence-corrected chi connectivity index (χ3v) is 8.37. The number of nitrogens with zero attached hydrogens (tertiary/aromatic N) is 4. The topological polar surface area (TPSA) is 113 Å². The van der Waals surface area contributed by atoms with Gasteiger partial charge in [-0.05, 0) is 37.5 Å². The van der Waals surface area contributed by atoms with E-state index in [2.05, 4.69) is 5.32 Å². The molecule has 2 amide bonds. The maximum Gasteiger partial charge on any atom is 0.308 e. The van der Waals surface area contributed by atoms with Gasteiger partial charge in [0.25, 0.3) is 11.5 Å². The van der Waals surface area contributed by atoms with E-state index in [1.54, 1.807) is 22.1 Å². The molecule has 0 spiro atoms. The van der Waals surface area contributed by atoms with Gasteiger partial charge in [-0.15, -0.1) is 0 Å². The number of hydrogen-bond donors (Lipinski definition) is 1. The number of pyridine rings is 1. The molecular weight excluding hydrogens is 514 g/mol. The lowest BCUT2D eigenvalue weighted by molar-refractivity contribution is -0.143. The van der Waals surface area contributed by atoms with Gasteiger partial charge in [0, 0.05) is 25.3 Å². The molecule has 3 fully saturated rings. The van der Waals surface area contributed by atoms with Crippen molar-refractivity contribution < 1.29 is 19.1 Å². The van der Waals surface area contributed by atoms with Gasteiger partial charge in [-0.3, -0.25) is 28.5 Å². The number of anilines is 1. The molecule has 2 aliphatic heterocycles. The highest BCUT2D eigenvalue weighted by atomic mass is 32.2. The Morgan fingerprint density at radius 3 is 2.78 bits per heavy atom. The predicted molar refractivity (Wildman–Crippen MR) is 144 cm³/mol. The molecule has 2 saturated heterocycles. The number of methoxy groups -OCH3 is 1. The second-order valence-electron chi connectivity index (χ2n) is 9.31. The molecule has 3 aliphatic rings. The average Bonchev–Trinajstić information content (AvgIpc) is 3.50. The molecule has 37 heavy (non-hydrogen) atoms. The molecule has 12 heteroatoms. The van der Waals surface area contributed by atoms with E-state index in [0.29, 0.717) is 28.0 Å². The molecule has 1 atom stereocenters. The smallest absolute Gasteiger partial charge is 0.308 e. The average molecular weight is 542 g/mol. The summed E-state index contributed by atoms with van der Waals surface area (Å²) in [5, 5.41) is 2.77. The largest absolute Gasteiger partial charge is 0.469 e. The molecule has 4 heterocycles. The molecule has 1 unspecified atom stereocenters. The number of hydrogen-bond acceptors (Lipinski definition) is 9. The Morgan fingerprint density at radius 1 is 1.30 bits per heavy atom. The Kier molecular flexibility index (Phi) is 7.04. The van der Waals surface area contributed by atoms with E-state index in [0.717, 1.165) is 31.2 Å². The van der Waals surface area contributed by atoms with E-state index in [9.17, 15) is 19.2 Å². The summed E-state index contributed by atoms with van der Waals surface area (Å²) in [5.41, 5.74) is 0.990. The van der Waals surface area contributed by atoms with Crippen LogP contribution >= 0.6 is 24.0 Å². The minimum atomic E-state index is -0.917. The minimum Gasteiger partial charge on any atom is -0.469 e. The Hall–Kier alpha value is -3.25. The number of amides is 2. The highest BCUT2D eigenvalue weighted by Gasteiger charge is 2.39. The number of thioether (sulfide) groups is 1. The number of carbonyl (C=O) groups is 3. The van der Waals surface area contributed by atoms with Crippen molar-refractivity contribution in [1.29, 1.82) is 0 Å². The molecule has 0 aromatic carbocycles. The summed E-state index contributed by atoms with van der Waals surface area (Å²) >= 11 is 6.71. The van der Waals surface area contributed by atoms with Crippen LogP contribution in [0.3, 0.4) is 0 Å². The molecule has 5 rings (SSSR count). The number of thiocarbonyl (C=S) groups is 1. The number of aromatic nitrogens is 2. The number of aryl methyl sites for hydroxylation is 1. The van der Waals surface area contributed by atoms with Crippen molar-refractivity contribution in [3.63, 3.8) is 0 Å². The summed E-state index contributed by atoms with van der Waals surface area (Å²) in [4.78, 5) is 60.7. The van der Waals surface area contributed by atoms with Crippen LogP contribution in [0.25, 0.3) is 11.7 Å². The van der Waals surface area contributed by atoms with Crippen LogP contribution in [-0.4, -0.2) is 68.7 Å². The third kappa shape index (κ3) is 4.63. The van der Waals surface area contributed by atoms with Gasteiger partial charge < -0.3 is 15.0 Å². The van der Waals surface area contributed by atoms with Crippen molar-refractivity contribution in [3.05, 3.63) is 44.7 Å². The number of ether oxygens (including phenoxy) is 1. The Balaban J connectivity index is 1.66.